The highest BCUT2D eigenvalue weighted by Crippen LogP contribution is 2.28. The number of para-hydroxylation sites is 1. The van der Waals surface area contributed by atoms with E-state index in [-0.39, 0.29) is 12.1 Å². The van der Waals surface area contributed by atoms with Crippen LogP contribution in [0.5, 0.6) is 5.75 Å². The van der Waals surface area contributed by atoms with Crippen LogP contribution in [0.3, 0.4) is 0 Å². The molecule has 2 aliphatic heterocycles. The van der Waals surface area contributed by atoms with E-state index in [9.17, 15) is 4.79 Å². The van der Waals surface area contributed by atoms with Gasteiger partial charge in [0.1, 0.15) is 17.5 Å². The van der Waals surface area contributed by atoms with E-state index in [0.29, 0.717) is 32.8 Å². The number of nitrogens with zero attached hydrogens (tertiary/aromatic N) is 5. The number of carbonyl (C=O) groups is 1. The number of rotatable bonds is 5. The minimum Gasteiger partial charge on any atom is -0.497 e. The van der Waals surface area contributed by atoms with Gasteiger partial charge in [0, 0.05) is 38.4 Å². The predicted molar refractivity (Wildman–Crippen MR) is 123 cm³/mol. The molecule has 0 bridgehead atoms. The first-order valence-corrected chi connectivity index (χ1v) is 11.2. The van der Waals surface area contributed by atoms with Crippen molar-refractivity contribution in [2.24, 2.45) is 0 Å². The summed E-state index contributed by atoms with van der Waals surface area (Å²) in [5.74, 6) is 0.830. The third-order valence-corrected chi connectivity index (χ3v) is 6.22. The first-order chi connectivity index (χ1) is 16.2. The molecule has 0 radical (unpaired) electrons. The van der Waals surface area contributed by atoms with Gasteiger partial charge in [-0.1, -0.05) is 35.5 Å². The largest absolute Gasteiger partial charge is 0.497 e. The molecular formula is C24H28N6O3. The minimum absolute atomic E-state index is 0.0513. The number of carbonyl (C=O) groups excluding carboxylic acids is 1. The Balaban J connectivity index is 1.14. The molecule has 1 N–H and O–H groups in total. The maximum atomic E-state index is 12.5. The van der Waals surface area contributed by atoms with Gasteiger partial charge in [-0.2, -0.15) is 0 Å². The number of amides is 2. The molecule has 1 saturated heterocycles. The van der Waals surface area contributed by atoms with Gasteiger partial charge in [-0.05, 0) is 29.8 Å². The molecule has 3 aromatic rings. The van der Waals surface area contributed by atoms with Gasteiger partial charge in [0.25, 0.3) is 0 Å². The van der Waals surface area contributed by atoms with E-state index in [1.54, 1.807) is 7.11 Å². The number of anilines is 1. The Morgan fingerprint density at radius 2 is 1.85 bits per heavy atom. The molecule has 9 heteroatoms. The standard InChI is InChI=1S/C24H28N6O3/c1-32-20-9-7-18(8-10-20)23-16-30-22(17-33-23)21(26-27-30)15-28-11-13-29(14-12-28)24(31)25-19-5-3-2-4-6-19/h2-10,23H,11-17H2,1H3,(H,25,31). The monoisotopic (exact) mass is 448 g/mol. The lowest BCUT2D eigenvalue weighted by Gasteiger charge is -2.34. The van der Waals surface area contributed by atoms with Crippen molar-refractivity contribution in [2.45, 2.75) is 25.8 Å². The number of ether oxygens (including phenoxy) is 2. The average molecular weight is 449 g/mol. The molecule has 172 valence electrons. The molecule has 2 aliphatic rings. The molecular weight excluding hydrogens is 420 g/mol. The van der Waals surface area contributed by atoms with Gasteiger partial charge in [-0.15, -0.1) is 5.10 Å². The van der Waals surface area contributed by atoms with Gasteiger partial charge in [0.15, 0.2) is 0 Å². The predicted octanol–water partition coefficient (Wildman–Crippen LogP) is 2.91. The summed E-state index contributed by atoms with van der Waals surface area (Å²) in [6.45, 7) is 4.78. The van der Waals surface area contributed by atoms with Gasteiger partial charge < -0.3 is 19.7 Å². The van der Waals surface area contributed by atoms with E-state index < -0.39 is 0 Å². The van der Waals surface area contributed by atoms with Crippen molar-refractivity contribution < 1.29 is 14.3 Å². The van der Waals surface area contributed by atoms with Crippen molar-refractivity contribution in [3.63, 3.8) is 0 Å². The summed E-state index contributed by atoms with van der Waals surface area (Å²) in [6.07, 6.45) is -0.0513. The smallest absolute Gasteiger partial charge is 0.321 e. The van der Waals surface area contributed by atoms with E-state index >= 15 is 0 Å². The first-order valence-electron chi connectivity index (χ1n) is 11.2. The average Bonchev–Trinajstić information content (AvgIpc) is 3.27. The van der Waals surface area contributed by atoms with Crippen molar-refractivity contribution in [2.75, 3.05) is 38.6 Å². The fourth-order valence-corrected chi connectivity index (χ4v) is 4.25. The van der Waals surface area contributed by atoms with Crippen LogP contribution < -0.4 is 10.1 Å². The Morgan fingerprint density at radius 1 is 1.09 bits per heavy atom. The van der Waals surface area contributed by atoms with E-state index in [0.717, 1.165) is 41.5 Å². The molecule has 2 aromatic carbocycles. The number of benzene rings is 2. The molecule has 2 amide bonds. The molecule has 3 heterocycles. The third-order valence-electron chi connectivity index (χ3n) is 6.22. The zero-order valence-electron chi connectivity index (χ0n) is 18.7. The van der Waals surface area contributed by atoms with Crippen LogP contribution in [0.25, 0.3) is 0 Å². The van der Waals surface area contributed by atoms with Gasteiger partial charge in [-0.3, -0.25) is 4.90 Å². The molecule has 0 spiro atoms. The van der Waals surface area contributed by atoms with E-state index in [1.165, 1.54) is 0 Å². The fourth-order valence-electron chi connectivity index (χ4n) is 4.25. The highest BCUT2D eigenvalue weighted by Gasteiger charge is 2.27. The summed E-state index contributed by atoms with van der Waals surface area (Å²) in [6, 6.07) is 17.4. The normalized spacial score (nSPS) is 18.6. The van der Waals surface area contributed by atoms with Crippen molar-refractivity contribution in [3.8, 4) is 5.75 Å². The van der Waals surface area contributed by atoms with Crippen LogP contribution in [0.1, 0.15) is 23.1 Å². The zero-order valence-corrected chi connectivity index (χ0v) is 18.7. The lowest BCUT2D eigenvalue weighted by Crippen LogP contribution is -2.49. The Kier molecular flexibility index (Phi) is 6.23. The summed E-state index contributed by atoms with van der Waals surface area (Å²) >= 11 is 0. The van der Waals surface area contributed by atoms with Crippen LogP contribution in [0.15, 0.2) is 54.6 Å². The summed E-state index contributed by atoms with van der Waals surface area (Å²) in [4.78, 5) is 16.7. The molecule has 1 aromatic heterocycles. The maximum absolute atomic E-state index is 12.5. The molecule has 1 atom stereocenters. The fraction of sp³-hybridized carbons (Fsp3) is 0.375. The third kappa shape index (κ3) is 4.84. The molecule has 0 saturated carbocycles. The van der Waals surface area contributed by atoms with Crippen LogP contribution in [-0.4, -0.2) is 64.1 Å². The Labute approximate surface area is 192 Å². The number of nitrogens with one attached hydrogen (secondary N) is 1. The van der Waals surface area contributed by atoms with Crippen LogP contribution in [0.4, 0.5) is 10.5 Å². The first kappa shape index (κ1) is 21.4. The number of hydrogen-bond acceptors (Lipinski definition) is 6. The van der Waals surface area contributed by atoms with Crippen molar-refractivity contribution >= 4 is 11.7 Å². The van der Waals surface area contributed by atoms with Crippen LogP contribution in [-0.2, 0) is 24.4 Å². The van der Waals surface area contributed by atoms with Crippen LogP contribution >= 0.6 is 0 Å². The highest BCUT2D eigenvalue weighted by molar-refractivity contribution is 5.89. The van der Waals surface area contributed by atoms with Crippen LogP contribution in [0.2, 0.25) is 0 Å². The second-order valence-electron chi connectivity index (χ2n) is 8.30. The van der Waals surface area contributed by atoms with E-state index in [1.807, 2.05) is 64.2 Å². The number of aromatic nitrogens is 3. The lowest BCUT2D eigenvalue weighted by molar-refractivity contribution is -0.00220. The van der Waals surface area contributed by atoms with Gasteiger partial charge in [-0.25, -0.2) is 9.48 Å². The second kappa shape index (κ2) is 9.60. The number of fused-ring (bicyclic) bond motifs is 1. The van der Waals surface area contributed by atoms with Gasteiger partial charge in [0.2, 0.25) is 0 Å². The maximum Gasteiger partial charge on any atom is 0.321 e. The molecule has 1 unspecified atom stereocenters. The Morgan fingerprint density at radius 3 is 2.58 bits per heavy atom. The highest BCUT2D eigenvalue weighted by atomic mass is 16.5. The van der Waals surface area contributed by atoms with Crippen molar-refractivity contribution in [1.29, 1.82) is 0 Å². The zero-order chi connectivity index (χ0) is 22.6. The van der Waals surface area contributed by atoms with E-state index in [4.69, 9.17) is 9.47 Å². The molecule has 5 rings (SSSR count). The number of methoxy groups -OCH3 is 1. The number of piperazine rings is 1. The number of urea groups is 1. The summed E-state index contributed by atoms with van der Waals surface area (Å²) in [5, 5.41) is 11.8. The van der Waals surface area contributed by atoms with Crippen LogP contribution in [0, 0.1) is 0 Å². The molecule has 1 fully saturated rings. The quantitative estimate of drug-likeness (QED) is 0.646. The Bertz CT molecular complexity index is 1080. The summed E-state index contributed by atoms with van der Waals surface area (Å²) in [5.41, 5.74) is 3.89. The second-order valence-corrected chi connectivity index (χ2v) is 8.30. The Hall–Kier alpha value is -3.43. The SMILES string of the molecule is COc1ccc(C2Cn3nnc(CN4CCN(C(=O)Nc5ccccc5)CC4)c3CO2)cc1. The minimum atomic E-state index is -0.0557. The van der Waals surface area contributed by atoms with E-state index in [2.05, 4.69) is 20.5 Å². The summed E-state index contributed by atoms with van der Waals surface area (Å²) in [7, 11) is 1.66. The van der Waals surface area contributed by atoms with Gasteiger partial charge in [0.05, 0.1) is 26.0 Å². The molecule has 0 aliphatic carbocycles. The molecule has 9 nitrogen and oxygen atoms in total. The molecule has 33 heavy (non-hydrogen) atoms. The number of hydrogen-bond donors (Lipinski definition) is 1. The van der Waals surface area contributed by atoms with Crippen molar-refractivity contribution in [1.82, 2.24) is 24.8 Å². The van der Waals surface area contributed by atoms with Crippen molar-refractivity contribution in [3.05, 3.63) is 71.5 Å². The summed E-state index contributed by atoms with van der Waals surface area (Å²) < 4.78 is 13.3. The van der Waals surface area contributed by atoms with Gasteiger partial charge >= 0.3 is 6.03 Å². The lowest BCUT2D eigenvalue weighted by atomic mass is 10.1. The topological polar surface area (TPSA) is 84.8 Å².